The van der Waals surface area contributed by atoms with Crippen molar-refractivity contribution in [3.8, 4) is 11.5 Å². The Hall–Kier alpha value is -4.86. The quantitative estimate of drug-likeness (QED) is 0.100. The first-order valence-corrected chi connectivity index (χ1v) is 19.2. The predicted molar refractivity (Wildman–Crippen MR) is 208 cm³/mol. The zero-order valence-electron chi connectivity index (χ0n) is 32.5. The summed E-state index contributed by atoms with van der Waals surface area (Å²) < 4.78 is 123. The number of benzene rings is 2. The summed E-state index contributed by atoms with van der Waals surface area (Å²) in [4.78, 5) is 11.1. The molecule has 3 N–H and O–H groups in total. The van der Waals surface area contributed by atoms with Crippen molar-refractivity contribution in [3.05, 3.63) is 119 Å². The number of hydrogen-bond acceptors (Lipinski definition) is 6. The summed E-state index contributed by atoms with van der Waals surface area (Å²) in [6, 6.07) is 13.8. The van der Waals surface area contributed by atoms with Gasteiger partial charge in [0.15, 0.2) is 11.2 Å². The molecule has 0 amide bonds. The zero-order chi connectivity index (χ0) is 42.8. The summed E-state index contributed by atoms with van der Waals surface area (Å²) in [7, 11) is 1.19. The monoisotopic (exact) mass is 846 g/mol. The second kappa shape index (κ2) is 15.0. The van der Waals surface area contributed by atoms with Crippen molar-refractivity contribution in [1.29, 1.82) is 0 Å². The molecule has 2 aromatic carbocycles. The largest absolute Gasteiger partial charge is 0.496 e. The third kappa shape index (κ3) is 7.72. The topological polar surface area (TPSA) is 105 Å². The number of methoxy groups -OCH3 is 1. The molecule has 0 saturated carbocycles. The van der Waals surface area contributed by atoms with E-state index in [9.17, 15) is 10.2 Å². The second-order valence-corrected chi connectivity index (χ2v) is 16.8. The van der Waals surface area contributed by atoms with Gasteiger partial charge in [-0.05, 0) is 89.9 Å². The lowest BCUT2D eigenvalue weighted by Crippen LogP contribution is -2.61. The molecule has 0 aliphatic carbocycles. The Balaban J connectivity index is 1.47. The first-order valence-electron chi connectivity index (χ1n) is 18.8. The number of rotatable bonds is 13. The van der Waals surface area contributed by atoms with Crippen LogP contribution in [0.3, 0.4) is 0 Å². The van der Waals surface area contributed by atoms with Gasteiger partial charge in [-0.3, -0.25) is 4.98 Å². The second-order valence-electron chi connectivity index (χ2n) is 16.3. The van der Waals surface area contributed by atoms with E-state index in [1.165, 1.54) is 70.9 Å². The Bertz CT molecular complexity index is 2470. The minimum absolute atomic E-state index is 0.0370. The highest BCUT2D eigenvalue weighted by Crippen LogP contribution is 2.57. The Morgan fingerprint density at radius 1 is 0.932 bits per heavy atom. The van der Waals surface area contributed by atoms with E-state index in [-0.39, 0.29) is 45.6 Å². The third-order valence-corrected chi connectivity index (χ3v) is 12.2. The summed E-state index contributed by atoms with van der Waals surface area (Å²) >= 11 is 6.58. The lowest BCUT2D eigenvalue weighted by atomic mass is 9.56. The average Bonchev–Trinajstić information content (AvgIpc) is 3.91. The molecule has 0 saturated heterocycles. The van der Waals surface area contributed by atoms with Crippen LogP contribution >= 0.6 is 11.6 Å². The van der Waals surface area contributed by atoms with E-state index in [0.29, 0.717) is 28.3 Å². The number of nitrogens with zero attached hydrogens (tertiary/aromatic N) is 3. The number of alkyl halides is 6. The van der Waals surface area contributed by atoms with Crippen LogP contribution in [-0.2, 0) is 30.2 Å². The molecule has 5 heterocycles. The molecule has 1 aliphatic rings. The molecule has 4 aromatic heterocycles. The number of H-pyrrole nitrogens is 1. The van der Waals surface area contributed by atoms with Crippen molar-refractivity contribution in [1.82, 2.24) is 19.5 Å². The number of pyridine rings is 2. The number of halogens is 8. The lowest BCUT2D eigenvalue weighted by Gasteiger charge is -2.51. The summed E-state index contributed by atoms with van der Waals surface area (Å²) in [6.07, 6.45) is -8.19. The molecule has 4 unspecified atom stereocenters. The Morgan fingerprint density at radius 2 is 1.69 bits per heavy atom. The van der Waals surface area contributed by atoms with Gasteiger partial charge in [0.25, 0.3) is 0 Å². The van der Waals surface area contributed by atoms with Gasteiger partial charge in [-0.1, -0.05) is 32.4 Å². The molecule has 0 bridgehead atoms. The van der Waals surface area contributed by atoms with Crippen molar-refractivity contribution in [2.75, 3.05) is 13.7 Å². The van der Waals surface area contributed by atoms with Crippen LogP contribution in [0, 0.1) is 11.7 Å². The molecular weight excluding hydrogens is 805 g/mol. The van der Waals surface area contributed by atoms with E-state index in [0.717, 1.165) is 22.8 Å². The van der Waals surface area contributed by atoms with Crippen LogP contribution in [0.2, 0.25) is 5.02 Å². The maximum absolute atomic E-state index is 16.2. The summed E-state index contributed by atoms with van der Waals surface area (Å²) in [5.41, 5.74) is -10.4. The Kier molecular flexibility index (Phi) is 10.7. The van der Waals surface area contributed by atoms with Gasteiger partial charge < -0.3 is 29.2 Å². The fraction of sp³-hybridized carbons (Fsp3) is 0.395. The lowest BCUT2D eigenvalue weighted by molar-refractivity contribution is -0.292. The van der Waals surface area contributed by atoms with Gasteiger partial charge in [0.05, 0.1) is 32.0 Å². The minimum Gasteiger partial charge on any atom is -0.496 e. The smallest absolute Gasteiger partial charge is 0.418 e. The van der Waals surface area contributed by atoms with Gasteiger partial charge >= 0.3 is 12.4 Å². The number of aromatic nitrogens is 4. The summed E-state index contributed by atoms with van der Waals surface area (Å²) in [6.45, 7) is 3.17. The van der Waals surface area contributed by atoms with E-state index in [1.807, 2.05) is 0 Å². The molecule has 59 heavy (non-hydrogen) atoms. The fourth-order valence-corrected chi connectivity index (χ4v) is 9.24. The van der Waals surface area contributed by atoms with E-state index >= 15 is 30.7 Å². The standard InChI is InChI=1S/C43H42ClF7N4O4/c1-38(2,32-18-28(44)16-27-11-15-59-36(27)32)35(41(57,43(49,50)51)20-30-17-26-9-13-52-22-33(26)54-30)21-39(3,31-19-29(45)7-8-34(31)58-4)23-40(56,42(46,47)48)24-55-14-10-25-6-5-12-53-37(25)55/h5-10,12-14,16-19,22,35,54,56-57H,11,15,20-21,23-24H2,1-4H3. The van der Waals surface area contributed by atoms with Crippen LogP contribution in [0.5, 0.6) is 11.5 Å². The van der Waals surface area contributed by atoms with Gasteiger partial charge in [-0.15, -0.1) is 0 Å². The molecule has 7 rings (SSSR count). The molecule has 16 heteroatoms. The molecule has 6 aromatic rings. The predicted octanol–water partition coefficient (Wildman–Crippen LogP) is 9.81. The van der Waals surface area contributed by atoms with Crippen LogP contribution in [-0.4, -0.2) is 67.0 Å². The van der Waals surface area contributed by atoms with Crippen molar-refractivity contribution < 1.29 is 50.4 Å². The first-order chi connectivity index (χ1) is 27.6. The van der Waals surface area contributed by atoms with Crippen LogP contribution in [0.4, 0.5) is 30.7 Å². The number of aliphatic hydroxyl groups is 2. The Morgan fingerprint density at radius 3 is 2.39 bits per heavy atom. The van der Waals surface area contributed by atoms with Gasteiger partial charge in [0.2, 0.25) is 0 Å². The van der Waals surface area contributed by atoms with Crippen molar-refractivity contribution >= 4 is 33.5 Å². The highest BCUT2D eigenvalue weighted by atomic mass is 35.5. The molecule has 0 spiro atoms. The van der Waals surface area contributed by atoms with Crippen LogP contribution in [0.15, 0.2) is 85.5 Å². The number of hydrogen-bond donors (Lipinski definition) is 3. The molecule has 4 atom stereocenters. The first kappa shape index (κ1) is 42.3. The average molecular weight is 847 g/mol. The van der Waals surface area contributed by atoms with Gasteiger partial charge in [0.1, 0.15) is 23.0 Å². The van der Waals surface area contributed by atoms with Gasteiger partial charge in [0, 0.05) is 70.0 Å². The molecule has 8 nitrogen and oxygen atoms in total. The highest BCUT2D eigenvalue weighted by molar-refractivity contribution is 6.30. The normalized spacial score (nSPS) is 17.3. The summed E-state index contributed by atoms with van der Waals surface area (Å²) in [5.74, 6) is -2.88. The van der Waals surface area contributed by atoms with Crippen LogP contribution in [0.25, 0.3) is 21.9 Å². The van der Waals surface area contributed by atoms with Crippen molar-refractivity contribution in [2.45, 2.75) is 87.4 Å². The highest BCUT2D eigenvalue weighted by Gasteiger charge is 2.65. The van der Waals surface area contributed by atoms with E-state index in [1.54, 1.807) is 24.3 Å². The SMILES string of the molecule is COc1ccc(F)cc1C(C)(CC(C(C)(C)c1cc(Cl)cc2c1OCC2)C(O)(Cc1cc2ccncc2[nH]1)C(F)(F)F)CC(O)(Cn1ccc2cccnc21)C(F)(F)F. The van der Waals surface area contributed by atoms with Crippen molar-refractivity contribution in [2.24, 2.45) is 5.92 Å². The fourth-order valence-electron chi connectivity index (χ4n) is 9.00. The number of nitrogens with one attached hydrogen (secondary N) is 1. The number of aromatic amines is 1. The maximum atomic E-state index is 16.2. The molecular formula is C43H42ClF7N4O4. The maximum Gasteiger partial charge on any atom is 0.418 e. The van der Waals surface area contributed by atoms with E-state index in [2.05, 4.69) is 15.0 Å². The molecule has 0 fully saturated rings. The molecule has 314 valence electrons. The number of fused-ring (bicyclic) bond motifs is 3. The zero-order valence-corrected chi connectivity index (χ0v) is 33.2. The van der Waals surface area contributed by atoms with Crippen molar-refractivity contribution in [3.63, 3.8) is 0 Å². The van der Waals surface area contributed by atoms with Crippen LogP contribution < -0.4 is 9.47 Å². The van der Waals surface area contributed by atoms with Crippen LogP contribution in [0.1, 0.15) is 56.0 Å². The molecule has 1 aliphatic heterocycles. The molecule has 0 radical (unpaired) electrons. The minimum atomic E-state index is -5.43. The van der Waals surface area contributed by atoms with E-state index < -0.39 is 71.9 Å². The number of ether oxygens (including phenoxy) is 2. The summed E-state index contributed by atoms with van der Waals surface area (Å²) in [5, 5.41) is 25.8. The van der Waals surface area contributed by atoms with Gasteiger partial charge in [-0.25, -0.2) is 9.37 Å². The van der Waals surface area contributed by atoms with Gasteiger partial charge in [-0.2, -0.15) is 26.3 Å². The third-order valence-electron chi connectivity index (χ3n) is 12.0. The Labute approximate surface area is 340 Å². The van der Waals surface area contributed by atoms with E-state index in [4.69, 9.17) is 21.1 Å².